The molecule has 1 unspecified atom stereocenters. The third kappa shape index (κ3) is 3.94. The summed E-state index contributed by atoms with van der Waals surface area (Å²) in [7, 11) is 4.51. The van der Waals surface area contributed by atoms with E-state index in [0.29, 0.717) is 28.7 Å². The lowest BCUT2D eigenvalue weighted by atomic mass is 10.1. The van der Waals surface area contributed by atoms with E-state index in [9.17, 15) is 4.79 Å². The normalized spacial score (nSPS) is 12.0. The number of rotatable bonds is 7. The Hall–Kier alpha value is -1.62. The molecule has 1 N–H and O–H groups in total. The number of halogens is 1. The van der Waals surface area contributed by atoms with Crippen LogP contribution in [-0.4, -0.2) is 39.2 Å². The van der Waals surface area contributed by atoms with Crippen molar-refractivity contribution >= 4 is 17.5 Å². The second-order valence-electron chi connectivity index (χ2n) is 4.86. The number of nitrogens with one attached hydrogen (secondary N) is 1. The molecule has 1 aromatic rings. The number of ether oxygens (including phenoxy) is 3. The fraction of sp³-hybridized carbons (Fsp3) is 0.533. The molecular formula is C15H22ClNO4. The number of alkyl halides is 1. The van der Waals surface area contributed by atoms with Gasteiger partial charge < -0.3 is 19.5 Å². The lowest BCUT2D eigenvalue weighted by molar-refractivity contribution is 0.0927. The Morgan fingerprint density at radius 1 is 1.14 bits per heavy atom. The van der Waals surface area contributed by atoms with Gasteiger partial charge in [0, 0.05) is 11.9 Å². The van der Waals surface area contributed by atoms with E-state index in [1.807, 2.05) is 13.8 Å². The van der Waals surface area contributed by atoms with Gasteiger partial charge in [-0.15, -0.1) is 11.6 Å². The van der Waals surface area contributed by atoms with Crippen LogP contribution in [0.3, 0.4) is 0 Å². The minimum absolute atomic E-state index is 0.114. The predicted molar refractivity (Wildman–Crippen MR) is 82.9 cm³/mol. The first-order valence-electron chi connectivity index (χ1n) is 6.65. The van der Waals surface area contributed by atoms with Gasteiger partial charge in [-0.1, -0.05) is 13.8 Å². The van der Waals surface area contributed by atoms with Gasteiger partial charge in [-0.2, -0.15) is 0 Å². The lowest BCUT2D eigenvalue weighted by Gasteiger charge is -2.21. The zero-order valence-corrected chi connectivity index (χ0v) is 13.8. The SMILES string of the molecule is COc1ccc(C(=O)NC(CCl)C(C)C)c(OC)c1OC. The molecule has 0 aliphatic carbocycles. The maximum atomic E-state index is 12.4. The van der Waals surface area contributed by atoms with E-state index in [2.05, 4.69) is 5.32 Å². The fourth-order valence-corrected chi connectivity index (χ4v) is 2.34. The van der Waals surface area contributed by atoms with E-state index in [1.165, 1.54) is 21.3 Å². The molecule has 6 heteroatoms. The lowest BCUT2D eigenvalue weighted by Crippen LogP contribution is -2.40. The van der Waals surface area contributed by atoms with Crippen molar-refractivity contribution in [2.45, 2.75) is 19.9 Å². The standard InChI is InChI=1S/C15H22ClNO4/c1-9(2)11(8-16)17-15(18)10-6-7-12(19-3)14(21-5)13(10)20-4/h6-7,9,11H,8H2,1-5H3,(H,17,18). The third-order valence-electron chi connectivity index (χ3n) is 3.24. The summed E-state index contributed by atoms with van der Waals surface area (Å²) < 4.78 is 15.8. The Labute approximate surface area is 130 Å². The summed E-state index contributed by atoms with van der Waals surface area (Å²) >= 11 is 5.88. The summed E-state index contributed by atoms with van der Waals surface area (Å²) in [5.74, 6) is 1.55. The summed E-state index contributed by atoms with van der Waals surface area (Å²) in [6.45, 7) is 4.00. The number of benzene rings is 1. The van der Waals surface area contributed by atoms with Gasteiger partial charge in [0.25, 0.3) is 5.91 Å². The van der Waals surface area contributed by atoms with Crippen LogP contribution in [-0.2, 0) is 0 Å². The quantitative estimate of drug-likeness (QED) is 0.786. The van der Waals surface area contributed by atoms with Gasteiger partial charge in [0.15, 0.2) is 11.5 Å². The van der Waals surface area contributed by atoms with Crippen LogP contribution in [0, 0.1) is 5.92 Å². The molecule has 21 heavy (non-hydrogen) atoms. The summed E-state index contributed by atoms with van der Waals surface area (Å²) in [6, 6.07) is 3.19. The topological polar surface area (TPSA) is 56.8 Å². The van der Waals surface area contributed by atoms with E-state index >= 15 is 0 Å². The van der Waals surface area contributed by atoms with E-state index in [1.54, 1.807) is 12.1 Å². The second kappa shape index (κ2) is 7.98. The first kappa shape index (κ1) is 17.4. The molecule has 0 bridgehead atoms. The molecule has 118 valence electrons. The highest BCUT2D eigenvalue weighted by atomic mass is 35.5. The molecule has 1 aromatic carbocycles. The van der Waals surface area contributed by atoms with Gasteiger partial charge in [-0.05, 0) is 18.1 Å². The maximum absolute atomic E-state index is 12.4. The molecular weight excluding hydrogens is 294 g/mol. The van der Waals surface area contributed by atoms with Gasteiger partial charge in [-0.3, -0.25) is 4.79 Å². The van der Waals surface area contributed by atoms with Gasteiger partial charge in [0.05, 0.1) is 26.9 Å². The first-order chi connectivity index (χ1) is 9.99. The van der Waals surface area contributed by atoms with Crippen molar-refractivity contribution in [3.63, 3.8) is 0 Å². The monoisotopic (exact) mass is 315 g/mol. The van der Waals surface area contributed by atoms with E-state index in [-0.39, 0.29) is 17.9 Å². The second-order valence-corrected chi connectivity index (χ2v) is 5.17. The zero-order chi connectivity index (χ0) is 16.0. The van der Waals surface area contributed by atoms with Crippen molar-refractivity contribution in [2.75, 3.05) is 27.2 Å². The summed E-state index contributed by atoms with van der Waals surface area (Å²) in [4.78, 5) is 12.4. The fourth-order valence-electron chi connectivity index (χ4n) is 1.91. The van der Waals surface area contributed by atoms with Gasteiger partial charge in [0.2, 0.25) is 5.75 Å². The highest BCUT2D eigenvalue weighted by Crippen LogP contribution is 2.39. The molecule has 0 fully saturated rings. The first-order valence-corrected chi connectivity index (χ1v) is 7.19. The molecule has 0 heterocycles. The van der Waals surface area contributed by atoms with E-state index in [0.717, 1.165) is 0 Å². The van der Waals surface area contributed by atoms with Crippen molar-refractivity contribution < 1.29 is 19.0 Å². The molecule has 0 saturated heterocycles. The Morgan fingerprint density at radius 3 is 2.19 bits per heavy atom. The van der Waals surface area contributed by atoms with Crippen molar-refractivity contribution in [3.05, 3.63) is 17.7 Å². The highest BCUT2D eigenvalue weighted by molar-refractivity contribution is 6.18. The molecule has 1 amide bonds. The highest BCUT2D eigenvalue weighted by Gasteiger charge is 2.23. The van der Waals surface area contributed by atoms with Crippen LogP contribution in [0.4, 0.5) is 0 Å². The largest absolute Gasteiger partial charge is 0.493 e. The van der Waals surface area contributed by atoms with Crippen LogP contribution in [0.2, 0.25) is 0 Å². The molecule has 0 spiro atoms. The van der Waals surface area contributed by atoms with Crippen LogP contribution >= 0.6 is 11.6 Å². The van der Waals surface area contributed by atoms with Gasteiger partial charge in [0.1, 0.15) is 0 Å². The van der Waals surface area contributed by atoms with Crippen molar-refractivity contribution in [1.82, 2.24) is 5.32 Å². The maximum Gasteiger partial charge on any atom is 0.255 e. The smallest absolute Gasteiger partial charge is 0.255 e. The Morgan fingerprint density at radius 2 is 1.76 bits per heavy atom. The van der Waals surface area contributed by atoms with E-state index < -0.39 is 0 Å². The van der Waals surface area contributed by atoms with Gasteiger partial charge in [-0.25, -0.2) is 0 Å². The van der Waals surface area contributed by atoms with Crippen LogP contribution < -0.4 is 19.5 Å². The molecule has 1 rings (SSSR count). The molecule has 0 radical (unpaired) electrons. The van der Waals surface area contributed by atoms with E-state index in [4.69, 9.17) is 25.8 Å². The Balaban J connectivity index is 3.15. The number of hydrogen-bond acceptors (Lipinski definition) is 4. The average Bonchev–Trinajstić information content (AvgIpc) is 2.49. The van der Waals surface area contributed by atoms with Crippen LogP contribution in [0.1, 0.15) is 24.2 Å². The Kier molecular flexibility index (Phi) is 6.62. The van der Waals surface area contributed by atoms with Crippen LogP contribution in [0.25, 0.3) is 0 Å². The van der Waals surface area contributed by atoms with Crippen molar-refractivity contribution in [2.24, 2.45) is 5.92 Å². The average molecular weight is 316 g/mol. The number of carbonyl (C=O) groups is 1. The minimum Gasteiger partial charge on any atom is -0.493 e. The zero-order valence-electron chi connectivity index (χ0n) is 13.0. The number of hydrogen-bond donors (Lipinski definition) is 1. The Bertz CT molecular complexity index is 491. The molecule has 0 aliphatic heterocycles. The van der Waals surface area contributed by atoms with Crippen LogP contribution in [0.5, 0.6) is 17.2 Å². The molecule has 1 atom stereocenters. The predicted octanol–water partition coefficient (Wildman–Crippen LogP) is 2.71. The summed E-state index contributed by atoms with van der Waals surface area (Å²) in [5.41, 5.74) is 0.380. The molecule has 0 aromatic heterocycles. The molecule has 5 nitrogen and oxygen atoms in total. The third-order valence-corrected chi connectivity index (χ3v) is 3.57. The summed E-state index contributed by atoms with van der Waals surface area (Å²) in [5, 5.41) is 2.90. The van der Waals surface area contributed by atoms with Gasteiger partial charge >= 0.3 is 0 Å². The minimum atomic E-state index is -0.257. The van der Waals surface area contributed by atoms with Crippen LogP contribution in [0.15, 0.2) is 12.1 Å². The molecule has 0 saturated carbocycles. The van der Waals surface area contributed by atoms with Crippen molar-refractivity contribution in [1.29, 1.82) is 0 Å². The number of carbonyl (C=O) groups excluding carboxylic acids is 1. The number of amides is 1. The summed E-state index contributed by atoms with van der Waals surface area (Å²) in [6.07, 6.45) is 0. The molecule has 0 aliphatic rings. The van der Waals surface area contributed by atoms with Crippen molar-refractivity contribution in [3.8, 4) is 17.2 Å². The number of methoxy groups -OCH3 is 3.